The fraction of sp³-hybridized carbons (Fsp3) is 0.417. The Morgan fingerprint density at radius 3 is 3.05 bits per heavy atom. The van der Waals surface area contributed by atoms with Crippen molar-refractivity contribution in [2.24, 2.45) is 5.73 Å². The van der Waals surface area contributed by atoms with E-state index < -0.39 is 11.9 Å². The van der Waals surface area contributed by atoms with Crippen LogP contribution in [0.25, 0.3) is 0 Å². The first kappa shape index (κ1) is 14.2. The molecule has 1 aromatic heterocycles. The Kier molecular flexibility index (Phi) is 4.85. The number of aromatic nitrogens is 1. The van der Waals surface area contributed by atoms with Gasteiger partial charge in [-0.25, -0.2) is 4.98 Å². The molecule has 2 heterocycles. The van der Waals surface area contributed by atoms with Crippen LogP contribution in [0.1, 0.15) is 0 Å². The number of nitrogens with zero attached hydrogens (tertiary/aromatic N) is 2. The van der Waals surface area contributed by atoms with E-state index in [1.54, 1.807) is 29.3 Å². The van der Waals surface area contributed by atoms with Crippen molar-refractivity contribution in [3.63, 3.8) is 0 Å². The summed E-state index contributed by atoms with van der Waals surface area (Å²) in [6.07, 6.45) is 1.62. The molecule has 2 amide bonds. The highest BCUT2D eigenvalue weighted by atomic mass is 16.2. The molecular formula is C12H18N6O2. The van der Waals surface area contributed by atoms with E-state index >= 15 is 0 Å². The van der Waals surface area contributed by atoms with Gasteiger partial charge in [-0.15, -0.1) is 0 Å². The average Bonchev–Trinajstić information content (AvgIpc) is 2.46. The predicted molar refractivity (Wildman–Crippen MR) is 73.4 cm³/mol. The molecule has 1 saturated heterocycles. The van der Waals surface area contributed by atoms with Crippen molar-refractivity contribution in [1.82, 2.24) is 20.6 Å². The third-order valence-corrected chi connectivity index (χ3v) is 3.02. The predicted octanol–water partition coefficient (Wildman–Crippen LogP) is -1.72. The number of hydrogen-bond donors (Lipinski definition) is 4. The van der Waals surface area contributed by atoms with Crippen molar-refractivity contribution in [2.45, 2.75) is 6.04 Å². The van der Waals surface area contributed by atoms with Crippen LogP contribution in [0, 0.1) is 0 Å². The van der Waals surface area contributed by atoms with E-state index in [-0.39, 0.29) is 12.5 Å². The van der Waals surface area contributed by atoms with Gasteiger partial charge in [0.15, 0.2) is 0 Å². The second-order valence-corrected chi connectivity index (χ2v) is 4.48. The van der Waals surface area contributed by atoms with E-state index in [0.29, 0.717) is 18.9 Å². The number of carbonyl (C=O) groups is 2. The number of pyridine rings is 1. The molecular weight excluding hydrogens is 260 g/mol. The van der Waals surface area contributed by atoms with Gasteiger partial charge in [-0.1, -0.05) is 6.07 Å². The van der Waals surface area contributed by atoms with Gasteiger partial charge in [-0.2, -0.15) is 0 Å². The standard InChI is InChI=1S/C12H18N6O2/c13-12(20)9-7-14-5-6-18(9)8-11(19)17-16-10-3-1-2-4-15-10/h1-4,9,14H,5-8H2,(H2,13,20)(H,15,16)(H,17,19). The first-order valence-corrected chi connectivity index (χ1v) is 6.37. The summed E-state index contributed by atoms with van der Waals surface area (Å²) >= 11 is 0. The molecule has 0 aliphatic carbocycles. The summed E-state index contributed by atoms with van der Waals surface area (Å²) in [5.74, 6) is -0.126. The quantitative estimate of drug-likeness (QED) is 0.477. The van der Waals surface area contributed by atoms with Crippen LogP contribution >= 0.6 is 0 Å². The fourth-order valence-corrected chi connectivity index (χ4v) is 2.01. The van der Waals surface area contributed by atoms with Crippen LogP contribution in [0.2, 0.25) is 0 Å². The van der Waals surface area contributed by atoms with Crippen LogP contribution in [-0.2, 0) is 9.59 Å². The number of hydrogen-bond acceptors (Lipinski definition) is 6. The van der Waals surface area contributed by atoms with E-state index in [9.17, 15) is 9.59 Å². The number of amides is 2. The summed E-state index contributed by atoms with van der Waals surface area (Å²) in [5.41, 5.74) is 10.6. The average molecular weight is 278 g/mol. The Labute approximate surface area is 116 Å². The van der Waals surface area contributed by atoms with Crippen molar-refractivity contribution in [2.75, 3.05) is 31.6 Å². The van der Waals surface area contributed by atoms with Crippen molar-refractivity contribution >= 4 is 17.6 Å². The minimum atomic E-state index is -0.454. The smallest absolute Gasteiger partial charge is 0.252 e. The van der Waals surface area contributed by atoms with E-state index in [1.165, 1.54) is 0 Å². The second-order valence-electron chi connectivity index (χ2n) is 4.48. The Hall–Kier alpha value is -2.19. The third kappa shape index (κ3) is 3.90. The van der Waals surface area contributed by atoms with Crippen LogP contribution in [0.3, 0.4) is 0 Å². The number of hydrazine groups is 1. The molecule has 108 valence electrons. The summed E-state index contributed by atoms with van der Waals surface area (Å²) in [7, 11) is 0. The molecule has 5 N–H and O–H groups in total. The number of rotatable bonds is 5. The first-order valence-electron chi connectivity index (χ1n) is 6.37. The van der Waals surface area contributed by atoms with Crippen molar-refractivity contribution in [1.29, 1.82) is 0 Å². The molecule has 2 rings (SSSR count). The van der Waals surface area contributed by atoms with Crippen molar-refractivity contribution in [3.05, 3.63) is 24.4 Å². The van der Waals surface area contributed by atoms with Crippen LogP contribution < -0.4 is 21.9 Å². The van der Waals surface area contributed by atoms with E-state index in [0.717, 1.165) is 6.54 Å². The molecule has 8 nitrogen and oxygen atoms in total. The molecule has 0 aromatic carbocycles. The van der Waals surface area contributed by atoms with Gasteiger partial charge in [0.25, 0.3) is 5.91 Å². The van der Waals surface area contributed by atoms with Gasteiger partial charge < -0.3 is 11.1 Å². The summed E-state index contributed by atoms with van der Waals surface area (Å²) < 4.78 is 0. The van der Waals surface area contributed by atoms with Crippen LogP contribution in [0.15, 0.2) is 24.4 Å². The number of nitrogens with two attached hydrogens (primary N) is 1. The maximum absolute atomic E-state index is 11.8. The zero-order chi connectivity index (χ0) is 14.4. The number of nitrogens with one attached hydrogen (secondary N) is 3. The molecule has 0 spiro atoms. The Bertz CT molecular complexity index is 466. The maximum Gasteiger partial charge on any atom is 0.252 e. The highest BCUT2D eigenvalue weighted by Crippen LogP contribution is 2.02. The zero-order valence-electron chi connectivity index (χ0n) is 11.0. The Balaban J connectivity index is 1.82. The summed E-state index contributed by atoms with van der Waals surface area (Å²) in [5, 5.41) is 3.08. The van der Waals surface area contributed by atoms with E-state index in [1.807, 2.05) is 0 Å². The van der Waals surface area contributed by atoms with Gasteiger partial charge >= 0.3 is 0 Å². The highest BCUT2D eigenvalue weighted by molar-refractivity contribution is 5.83. The van der Waals surface area contributed by atoms with E-state index in [2.05, 4.69) is 21.2 Å². The lowest BCUT2D eigenvalue weighted by Crippen LogP contribution is -2.59. The second kappa shape index (κ2) is 6.83. The lowest BCUT2D eigenvalue weighted by molar-refractivity contribution is -0.127. The van der Waals surface area contributed by atoms with Gasteiger partial charge in [0.1, 0.15) is 11.9 Å². The normalized spacial score (nSPS) is 19.3. The van der Waals surface area contributed by atoms with Crippen molar-refractivity contribution in [3.8, 4) is 0 Å². The van der Waals surface area contributed by atoms with Gasteiger partial charge in [-0.3, -0.25) is 25.3 Å². The molecule has 1 atom stereocenters. The first-order chi connectivity index (χ1) is 9.66. The summed E-state index contributed by atoms with van der Waals surface area (Å²) in [4.78, 5) is 28.9. The van der Waals surface area contributed by atoms with Gasteiger partial charge in [-0.05, 0) is 12.1 Å². The number of anilines is 1. The summed E-state index contributed by atoms with van der Waals surface area (Å²) in [6.45, 7) is 1.90. The van der Waals surface area contributed by atoms with Gasteiger partial charge in [0.05, 0.1) is 6.54 Å². The monoisotopic (exact) mass is 278 g/mol. The minimum Gasteiger partial charge on any atom is -0.368 e. The molecule has 1 aliphatic heterocycles. The molecule has 1 aliphatic rings. The largest absolute Gasteiger partial charge is 0.368 e. The molecule has 0 saturated carbocycles. The molecule has 20 heavy (non-hydrogen) atoms. The molecule has 1 aromatic rings. The minimum absolute atomic E-state index is 0.106. The van der Waals surface area contributed by atoms with E-state index in [4.69, 9.17) is 5.73 Å². The number of carbonyl (C=O) groups excluding carboxylic acids is 2. The molecule has 0 bridgehead atoms. The zero-order valence-corrected chi connectivity index (χ0v) is 11.0. The van der Waals surface area contributed by atoms with Crippen LogP contribution in [0.5, 0.6) is 0 Å². The molecule has 1 fully saturated rings. The fourth-order valence-electron chi connectivity index (χ4n) is 2.01. The Morgan fingerprint density at radius 1 is 1.50 bits per heavy atom. The topological polar surface area (TPSA) is 112 Å². The maximum atomic E-state index is 11.8. The SMILES string of the molecule is NC(=O)C1CNCCN1CC(=O)NNc1ccccn1. The molecule has 8 heteroatoms. The lowest BCUT2D eigenvalue weighted by Gasteiger charge is -2.33. The van der Waals surface area contributed by atoms with Gasteiger partial charge in [0, 0.05) is 25.8 Å². The third-order valence-electron chi connectivity index (χ3n) is 3.02. The van der Waals surface area contributed by atoms with Crippen LogP contribution in [-0.4, -0.2) is 53.9 Å². The van der Waals surface area contributed by atoms with Crippen molar-refractivity contribution < 1.29 is 9.59 Å². The highest BCUT2D eigenvalue weighted by Gasteiger charge is 2.28. The molecule has 0 radical (unpaired) electrons. The lowest BCUT2D eigenvalue weighted by atomic mass is 10.2. The van der Waals surface area contributed by atoms with Gasteiger partial charge in [0.2, 0.25) is 5.91 Å². The molecule has 1 unspecified atom stereocenters. The summed E-state index contributed by atoms with van der Waals surface area (Å²) in [6, 6.07) is 4.87. The van der Waals surface area contributed by atoms with Crippen LogP contribution in [0.4, 0.5) is 5.82 Å². The number of primary amides is 1. The Morgan fingerprint density at radius 2 is 2.35 bits per heavy atom. The number of piperazine rings is 1.